The third kappa shape index (κ3) is 6.02. The first-order chi connectivity index (χ1) is 27.3. The smallest absolute Gasteiger partial charge is 0.0468 e. The van der Waals surface area contributed by atoms with Crippen LogP contribution in [-0.4, -0.2) is 0 Å². The summed E-state index contributed by atoms with van der Waals surface area (Å²) in [7, 11) is 0. The fourth-order valence-corrected chi connectivity index (χ4v) is 8.19. The van der Waals surface area contributed by atoms with E-state index in [1.807, 2.05) is 0 Å². The Labute approximate surface area is 322 Å². The molecule has 55 heavy (non-hydrogen) atoms. The minimum Gasteiger partial charge on any atom is -0.310 e. The SMILES string of the molecule is c1ccc(-c2cc(N(c3ccccc3)c3ccc(-c4cc5ccccc5c5ccccc45)cc3)ccc2-c2ccc(-c3cccc4ccccc34)cc2)cc1. The Balaban J connectivity index is 1.07. The average Bonchev–Trinajstić information content (AvgIpc) is 3.27. The van der Waals surface area contributed by atoms with Gasteiger partial charge in [-0.1, -0.05) is 182 Å². The van der Waals surface area contributed by atoms with Gasteiger partial charge in [-0.2, -0.15) is 0 Å². The van der Waals surface area contributed by atoms with E-state index >= 15 is 0 Å². The van der Waals surface area contributed by atoms with Crippen LogP contribution in [0.3, 0.4) is 0 Å². The molecule has 0 unspecified atom stereocenters. The van der Waals surface area contributed by atoms with Gasteiger partial charge in [0.25, 0.3) is 0 Å². The molecule has 0 saturated carbocycles. The highest BCUT2D eigenvalue weighted by molar-refractivity contribution is 6.13. The molecule has 1 nitrogen and oxygen atoms in total. The summed E-state index contributed by atoms with van der Waals surface area (Å²) in [6, 6.07) is 81.4. The van der Waals surface area contributed by atoms with Crippen LogP contribution in [0.4, 0.5) is 17.1 Å². The second-order valence-electron chi connectivity index (χ2n) is 14.1. The van der Waals surface area contributed by atoms with E-state index in [0.717, 1.165) is 17.1 Å². The molecule has 10 aromatic rings. The topological polar surface area (TPSA) is 3.24 Å². The van der Waals surface area contributed by atoms with Crippen molar-refractivity contribution in [2.75, 3.05) is 4.90 Å². The molecule has 10 rings (SSSR count). The van der Waals surface area contributed by atoms with Crippen LogP contribution in [0.15, 0.2) is 224 Å². The molecule has 0 bridgehead atoms. The number of para-hydroxylation sites is 1. The van der Waals surface area contributed by atoms with Gasteiger partial charge >= 0.3 is 0 Å². The van der Waals surface area contributed by atoms with E-state index in [1.54, 1.807) is 0 Å². The minimum absolute atomic E-state index is 1.10. The third-order valence-electron chi connectivity index (χ3n) is 10.9. The molecule has 0 heterocycles. The van der Waals surface area contributed by atoms with Crippen molar-refractivity contribution in [3.8, 4) is 44.5 Å². The summed E-state index contributed by atoms with van der Waals surface area (Å²) in [5.41, 5.74) is 13.0. The summed E-state index contributed by atoms with van der Waals surface area (Å²) in [5.74, 6) is 0. The number of fused-ring (bicyclic) bond motifs is 4. The van der Waals surface area contributed by atoms with Gasteiger partial charge in [-0.05, 0) is 119 Å². The fraction of sp³-hybridized carbons (Fsp3) is 0. The fourth-order valence-electron chi connectivity index (χ4n) is 8.19. The molecule has 0 aliphatic heterocycles. The van der Waals surface area contributed by atoms with Crippen LogP contribution in [0, 0.1) is 0 Å². The number of benzene rings is 10. The summed E-state index contributed by atoms with van der Waals surface area (Å²) in [4.78, 5) is 2.36. The molecule has 1 heteroatoms. The quantitative estimate of drug-likeness (QED) is 0.150. The Bertz CT molecular complexity index is 2940. The zero-order valence-corrected chi connectivity index (χ0v) is 30.3. The molecule has 0 radical (unpaired) electrons. The lowest BCUT2D eigenvalue weighted by Crippen LogP contribution is -2.10. The van der Waals surface area contributed by atoms with Gasteiger partial charge < -0.3 is 4.90 Å². The van der Waals surface area contributed by atoms with Gasteiger partial charge in [0.15, 0.2) is 0 Å². The summed E-state index contributed by atoms with van der Waals surface area (Å²) >= 11 is 0. The predicted octanol–water partition coefficient (Wildman–Crippen LogP) is 15.3. The maximum absolute atomic E-state index is 2.36. The van der Waals surface area contributed by atoms with Gasteiger partial charge in [0.1, 0.15) is 0 Å². The van der Waals surface area contributed by atoms with Gasteiger partial charge in [-0.15, -0.1) is 0 Å². The number of nitrogens with zero attached hydrogens (tertiary/aromatic N) is 1. The third-order valence-corrected chi connectivity index (χ3v) is 10.9. The lowest BCUT2D eigenvalue weighted by atomic mass is 9.91. The van der Waals surface area contributed by atoms with Gasteiger partial charge in [0.2, 0.25) is 0 Å². The maximum atomic E-state index is 2.36. The molecular formula is C54H37N. The van der Waals surface area contributed by atoms with Crippen molar-refractivity contribution in [1.82, 2.24) is 0 Å². The van der Waals surface area contributed by atoms with Crippen molar-refractivity contribution in [2.45, 2.75) is 0 Å². The number of anilines is 3. The molecule has 0 aliphatic rings. The summed E-state index contributed by atoms with van der Waals surface area (Å²) in [6.45, 7) is 0. The van der Waals surface area contributed by atoms with E-state index < -0.39 is 0 Å². The van der Waals surface area contributed by atoms with Crippen molar-refractivity contribution in [2.24, 2.45) is 0 Å². The van der Waals surface area contributed by atoms with Gasteiger partial charge in [-0.25, -0.2) is 0 Å². The Morgan fingerprint density at radius 3 is 1.45 bits per heavy atom. The molecule has 10 aromatic carbocycles. The molecular weight excluding hydrogens is 663 g/mol. The van der Waals surface area contributed by atoms with E-state index in [9.17, 15) is 0 Å². The molecule has 0 aliphatic carbocycles. The number of rotatable bonds is 7. The Morgan fingerprint density at radius 1 is 0.218 bits per heavy atom. The Kier molecular flexibility index (Phi) is 8.24. The molecule has 0 N–H and O–H groups in total. The predicted molar refractivity (Wildman–Crippen MR) is 235 cm³/mol. The zero-order valence-electron chi connectivity index (χ0n) is 30.3. The normalized spacial score (nSPS) is 11.3. The first-order valence-corrected chi connectivity index (χ1v) is 18.9. The van der Waals surface area contributed by atoms with Crippen molar-refractivity contribution in [1.29, 1.82) is 0 Å². The molecule has 0 aromatic heterocycles. The lowest BCUT2D eigenvalue weighted by Gasteiger charge is -2.27. The van der Waals surface area contributed by atoms with Crippen LogP contribution in [0.25, 0.3) is 76.8 Å². The van der Waals surface area contributed by atoms with Crippen molar-refractivity contribution in [3.05, 3.63) is 224 Å². The summed E-state index contributed by atoms with van der Waals surface area (Å²) in [5, 5.41) is 7.61. The Morgan fingerprint density at radius 2 is 0.709 bits per heavy atom. The first kappa shape index (κ1) is 32.4. The van der Waals surface area contributed by atoms with Crippen LogP contribution >= 0.6 is 0 Å². The van der Waals surface area contributed by atoms with Gasteiger partial charge in [-0.3, -0.25) is 0 Å². The highest BCUT2D eigenvalue weighted by Gasteiger charge is 2.17. The molecule has 258 valence electrons. The van der Waals surface area contributed by atoms with E-state index in [2.05, 4.69) is 229 Å². The Hall–Kier alpha value is -7.22. The van der Waals surface area contributed by atoms with Crippen molar-refractivity contribution < 1.29 is 0 Å². The van der Waals surface area contributed by atoms with E-state index in [1.165, 1.54) is 76.8 Å². The van der Waals surface area contributed by atoms with Crippen LogP contribution < -0.4 is 4.90 Å². The number of hydrogen-bond acceptors (Lipinski definition) is 1. The zero-order chi connectivity index (χ0) is 36.6. The molecule has 0 amide bonds. The maximum Gasteiger partial charge on any atom is 0.0468 e. The van der Waals surface area contributed by atoms with Gasteiger partial charge in [0.05, 0.1) is 0 Å². The van der Waals surface area contributed by atoms with E-state index in [4.69, 9.17) is 0 Å². The average molecular weight is 700 g/mol. The van der Waals surface area contributed by atoms with E-state index in [-0.39, 0.29) is 0 Å². The monoisotopic (exact) mass is 699 g/mol. The van der Waals surface area contributed by atoms with Crippen LogP contribution in [0.5, 0.6) is 0 Å². The second-order valence-corrected chi connectivity index (χ2v) is 14.1. The standard InChI is InChI=1S/C54H37N/c1-3-14-39(15-4-1)54-37-46(34-35-50(54)41-28-26-40(27-29-41)48-25-13-18-38-16-7-9-21-47(38)48)55(44-19-5-2-6-20-44)45-32-30-42(31-33-45)53-36-43-17-8-10-22-49(43)51-23-11-12-24-52(51)53/h1-37H. The van der Waals surface area contributed by atoms with Crippen LogP contribution in [-0.2, 0) is 0 Å². The minimum atomic E-state index is 1.10. The summed E-state index contributed by atoms with van der Waals surface area (Å²) < 4.78 is 0. The van der Waals surface area contributed by atoms with Crippen molar-refractivity contribution in [3.63, 3.8) is 0 Å². The number of hydrogen-bond donors (Lipinski definition) is 0. The summed E-state index contributed by atoms with van der Waals surface area (Å²) in [6.07, 6.45) is 0. The molecule has 0 atom stereocenters. The van der Waals surface area contributed by atoms with Crippen LogP contribution in [0.2, 0.25) is 0 Å². The highest BCUT2D eigenvalue weighted by Crippen LogP contribution is 2.42. The lowest BCUT2D eigenvalue weighted by molar-refractivity contribution is 1.28. The van der Waals surface area contributed by atoms with Gasteiger partial charge in [0, 0.05) is 17.1 Å². The van der Waals surface area contributed by atoms with E-state index in [0.29, 0.717) is 0 Å². The largest absolute Gasteiger partial charge is 0.310 e. The first-order valence-electron chi connectivity index (χ1n) is 18.9. The molecule has 0 saturated heterocycles. The van der Waals surface area contributed by atoms with Crippen molar-refractivity contribution >= 4 is 49.4 Å². The van der Waals surface area contributed by atoms with Crippen LogP contribution in [0.1, 0.15) is 0 Å². The molecule has 0 spiro atoms. The molecule has 0 fully saturated rings. The highest BCUT2D eigenvalue weighted by atomic mass is 15.1. The second kappa shape index (κ2) is 14.0.